The summed E-state index contributed by atoms with van der Waals surface area (Å²) in [7, 11) is 0. The Morgan fingerprint density at radius 1 is 1.70 bits per heavy atom. The summed E-state index contributed by atoms with van der Waals surface area (Å²) in [5.74, 6) is 0.368. The van der Waals surface area contributed by atoms with E-state index in [1.54, 1.807) is 0 Å². The van der Waals surface area contributed by atoms with Crippen molar-refractivity contribution in [3.8, 4) is 0 Å². The molecule has 1 heterocycles. The van der Waals surface area contributed by atoms with Crippen molar-refractivity contribution in [2.24, 2.45) is 0 Å². The number of aliphatic hydroxyl groups is 1. The summed E-state index contributed by atoms with van der Waals surface area (Å²) >= 11 is 1.98. The van der Waals surface area contributed by atoms with Crippen LogP contribution in [0.3, 0.4) is 0 Å². The van der Waals surface area contributed by atoms with E-state index in [0.29, 0.717) is 15.2 Å². The molecule has 0 aliphatic heterocycles. The van der Waals surface area contributed by atoms with Gasteiger partial charge in [-0.05, 0) is 22.6 Å². The van der Waals surface area contributed by atoms with Crippen LogP contribution >= 0.6 is 22.6 Å². The number of nitrogens with two attached hydrogens (primary N) is 1. The number of nitrogen functional groups attached to an aromatic ring is 1. The van der Waals surface area contributed by atoms with Crippen molar-refractivity contribution in [2.75, 3.05) is 5.73 Å². The molecule has 0 aromatic carbocycles. The number of rotatable bonds is 1. The molecule has 0 aliphatic rings. The Bertz CT molecular complexity index is 240. The first-order valence-electron chi connectivity index (χ1n) is 2.62. The third kappa shape index (κ3) is 1.54. The highest BCUT2D eigenvalue weighted by Crippen LogP contribution is 2.07. The number of anilines is 1. The molecule has 0 unspecified atom stereocenters. The molecule has 0 saturated carbocycles. The fourth-order valence-corrected chi connectivity index (χ4v) is 0.763. The summed E-state index contributed by atoms with van der Waals surface area (Å²) < 4.78 is 0.662. The molecule has 0 atom stereocenters. The molecule has 0 spiro atoms. The van der Waals surface area contributed by atoms with Crippen LogP contribution in [0.25, 0.3) is 0 Å². The van der Waals surface area contributed by atoms with Gasteiger partial charge in [0, 0.05) is 0 Å². The fraction of sp³-hybridized carbons (Fsp3) is 0.200. The topological polar surface area (TPSA) is 72.0 Å². The molecule has 0 aliphatic carbocycles. The maximum atomic E-state index is 8.59. The lowest BCUT2D eigenvalue weighted by molar-refractivity contribution is 0.276. The van der Waals surface area contributed by atoms with Crippen LogP contribution in [0.1, 0.15) is 5.69 Å². The summed E-state index contributed by atoms with van der Waals surface area (Å²) in [6.07, 6.45) is 1.50. The second-order valence-corrected chi connectivity index (χ2v) is 2.72. The van der Waals surface area contributed by atoms with Crippen molar-refractivity contribution < 1.29 is 5.11 Å². The first-order chi connectivity index (χ1) is 4.74. The van der Waals surface area contributed by atoms with E-state index in [1.165, 1.54) is 6.20 Å². The van der Waals surface area contributed by atoms with Gasteiger partial charge in [0.1, 0.15) is 3.70 Å². The molecule has 1 rings (SSSR count). The van der Waals surface area contributed by atoms with E-state index < -0.39 is 0 Å². The SMILES string of the molecule is Nc1nc(CO)cnc1I. The van der Waals surface area contributed by atoms with E-state index in [0.717, 1.165) is 0 Å². The molecule has 0 fully saturated rings. The lowest BCUT2D eigenvalue weighted by atomic mass is 10.5. The molecular formula is C5H6IN3O. The smallest absolute Gasteiger partial charge is 0.156 e. The number of hydrogen-bond acceptors (Lipinski definition) is 4. The van der Waals surface area contributed by atoms with Crippen LogP contribution in [-0.4, -0.2) is 15.1 Å². The number of aliphatic hydroxyl groups excluding tert-OH is 1. The molecule has 0 radical (unpaired) electrons. The van der Waals surface area contributed by atoms with Crippen LogP contribution in [0.2, 0.25) is 0 Å². The van der Waals surface area contributed by atoms with Gasteiger partial charge in [0.15, 0.2) is 5.82 Å². The van der Waals surface area contributed by atoms with Crippen LogP contribution < -0.4 is 5.73 Å². The number of aromatic nitrogens is 2. The van der Waals surface area contributed by atoms with Gasteiger partial charge in [-0.2, -0.15) is 0 Å². The number of halogens is 1. The van der Waals surface area contributed by atoms with Crippen LogP contribution in [0.5, 0.6) is 0 Å². The minimum absolute atomic E-state index is 0.117. The zero-order chi connectivity index (χ0) is 7.56. The van der Waals surface area contributed by atoms with E-state index in [2.05, 4.69) is 9.97 Å². The van der Waals surface area contributed by atoms with Crippen molar-refractivity contribution in [3.63, 3.8) is 0 Å². The van der Waals surface area contributed by atoms with Crippen molar-refractivity contribution in [3.05, 3.63) is 15.6 Å². The van der Waals surface area contributed by atoms with E-state index in [1.807, 2.05) is 22.6 Å². The van der Waals surface area contributed by atoms with Crippen LogP contribution in [0.4, 0.5) is 5.82 Å². The Labute approximate surface area is 71.6 Å². The first-order valence-corrected chi connectivity index (χ1v) is 3.69. The Hall–Kier alpha value is -0.430. The van der Waals surface area contributed by atoms with Gasteiger partial charge in [0.2, 0.25) is 0 Å². The molecule has 1 aromatic rings. The van der Waals surface area contributed by atoms with Crippen molar-refractivity contribution in [1.29, 1.82) is 0 Å². The average molecular weight is 251 g/mol. The predicted octanol–water partition coefficient (Wildman–Crippen LogP) is 0.156. The summed E-state index contributed by atoms with van der Waals surface area (Å²) in [4.78, 5) is 7.74. The van der Waals surface area contributed by atoms with E-state index in [9.17, 15) is 0 Å². The Kier molecular flexibility index (Phi) is 2.39. The van der Waals surface area contributed by atoms with Crippen molar-refractivity contribution >= 4 is 28.4 Å². The minimum Gasteiger partial charge on any atom is -0.390 e. The molecule has 4 nitrogen and oxygen atoms in total. The van der Waals surface area contributed by atoms with Crippen molar-refractivity contribution in [2.45, 2.75) is 6.61 Å². The largest absolute Gasteiger partial charge is 0.390 e. The highest BCUT2D eigenvalue weighted by Gasteiger charge is 1.98. The van der Waals surface area contributed by atoms with Gasteiger partial charge in [-0.1, -0.05) is 0 Å². The molecule has 0 bridgehead atoms. The van der Waals surface area contributed by atoms with Gasteiger partial charge in [-0.3, -0.25) is 0 Å². The second kappa shape index (κ2) is 3.11. The second-order valence-electron chi connectivity index (χ2n) is 1.70. The highest BCUT2D eigenvalue weighted by molar-refractivity contribution is 14.1. The highest BCUT2D eigenvalue weighted by atomic mass is 127. The molecule has 0 amide bonds. The normalized spacial score (nSPS) is 9.80. The Morgan fingerprint density at radius 2 is 2.40 bits per heavy atom. The molecular weight excluding hydrogens is 245 g/mol. The average Bonchev–Trinajstić information content (AvgIpc) is 1.95. The molecule has 10 heavy (non-hydrogen) atoms. The van der Waals surface area contributed by atoms with Gasteiger partial charge in [-0.15, -0.1) is 0 Å². The quantitative estimate of drug-likeness (QED) is 0.697. The molecule has 3 N–H and O–H groups in total. The van der Waals surface area contributed by atoms with E-state index in [-0.39, 0.29) is 6.61 Å². The minimum atomic E-state index is -0.117. The zero-order valence-electron chi connectivity index (χ0n) is 5.08. The van der Waals surface area contributed by atoms with Crippen LogP contribution in [0, 0.1) is 3.70 Å². The third-order valence-corrected chi connectivity index (χ3v) is 1.80. The predicted molar refractivity (Wildman–Crippen MR) is 45.1 cm³/mol. The van der Waals surface area contributed by atoms with Gasteiger partial charge in [0.25, 0.3) is 0 Å². The number of hydrogen-bond donors (Lipinski definition) is 2. The summed E-state index contributed by atoms with van der Waals surface area (Å²) in [6.45, 7) is -0.117. The monoisotopic (exact) mass is 251 g/mol. The van der Waals surface area contributed by atoms with Gasteiger partial charge >= 0.3 is 0 Å². The maximum Gasteiger partial charge on any atom is 0.156 e. The molecule has 0 saturated heterocycles. The lowest BCUT2D eigenvalue weighted by Crippen LogP contribution is -2.00. The van der Waals surface area contributed by atoms with Gasteiger partial charge in [-0.25, -0.2) is 9.97 Å². The Balaban J connectivity index is 3.04. The lowest BCUT2D eigenvalue weighted by Gasteiger charge is -1.97. The maximum absolute atomic E-state index is 8.59. The fourth-order valence-electron chi connectivity index (χ4n) is 0.503. The van der Waals surface area contributed by atoms with Gasteiger partial charge in [0.05, 0.1) is 18.5 Å². The van der Waals surface area contributed by atoms with Crippen molar-refractivity contribution in [1.82, 2.24) is 9.97 Å². The molecule has 1 aromatic heterocycles. The van der Waals surface area contributed by atoms with Crippen LogP contribution in [-0.2, 0) is 6.61 Å². The molecule has 5 heteroatoms. The van der Waals surface area contributed by atoms with Gasteiger partial charge < -0.3 is 10.8 Å². The molecule has 54 valence electrons. The van der Waals surface area contributed by atoms with Crippen LogP contribution in [0.15, 0.2) is 6.20 Å². The third-order valence-electron chi connectivity index (χ3n) is 0.964. The zero-order valence-corrected chi connectivity index (χ0v) is 7.24. The first kappa shape index (κ1) is 7.67. The summed E-state index contributed by atoms with van der Waals surface area (Å²) in [5, 5.41) is 8.59. The number of nitrogens with zero attached hydrogens (tertiary/aromatic N) is 2. The Morgan fingerprint density at radius 3 is 2.90 bits per heavy atom. The standard InChI is InChI=1S/C5H6IN3O/c6-4-5(7)9-3(2-10)1-8-4/h1,10H,2H2,(H2,7,9). The summed E-state index contributed by atoms with van der Waals surface area (Å²) in [6, 6.07) is 0. The van der Waals surface area contributed by atoms with E-state index >= 15 is 0 Å². The summed E-state index contributed by atoms with van der Waals surface area (Å²) in [5.41, 5.74) is 5.90. The van der Waals surface area contributed by atoms with E-state index in [4.69, 9.17) is 10.8 Å².